The van der Waals surface area contributed by atoms with Crippen LogP contribution in [0.5, 0.6) is 0 Å². The minimum atomic E-state index is -0.392. The van der Waals surface area contributed by atoms with E-state index < -0.39 is 5.97 Å². The van der Waals surface area contributed by atoms with Gasteiger partial charge in [-0.2, -0.15) is 0 Å². The number of rotatable bonds is 6. The fourth-order valence-corrected chi connectivity index (χ4v) is 4.00. The summed E-state index contributed by atoms with van der Waals surface area (Å²) in [5.41, 5.74) is 2.39. The van der Waals surface area contributed by atoms with Gasteiger partial charge in [0.15, 0.2) is 5.16 Å². The van der Waals surface area contributed by atoms with Crippen molar-refractivity contribution in [3.8, 4) is 11.3 Å². The van der Waals surface area contributed by atoms with Crippen LogP contribution in [0.25, 0.3) is 11.3 Å². The zero-order chi connectivity index (χ0) is 22.5. The van der Waals surface area contributed by atoms with Crippen molar-refractivity contribution in [3.63, 3.8) is 0 Å². The molecule has 9 heteroatoms. The van der Waals surface area contributed by atoms with E-state index in [4.69, 9.17) is 4.74 Å². The van der Waals surface area contributed by atoms with Gasteiger partial charge in [-0.25, -0.2) is 24.7 Å². The second-order valence-corrected chi connectivity index (χ2v) is 8.09. The number of carbonyl (C=O) groups is 1. The molecule has 4 rings (SSSR count). The molecule has 0 spiro atoms. The molecular formula is C23H26N6O2S. The van der Waals surface area contributed by atoms with Gasteiger partial charge in [0.1, 0.15) is 23.0 Å². The predicted octanol–water partition coefficient (Wildman–Crippen LogP) is 3.47. The molecule has 0 radical (unpaired) electrons. The number of thioether (sulfide) groups is 1. The standard InChI is InChI=1S/C23H26N6O2S/c1-4-31-22(30)18-15-24-23(32-3)27-21(18)29-12-10-28(11-13-29)20-14-19(25-16(2)26-20)17-8-6-5-7-9-17/h5-9,14-15H,4,10-13H2,1-3H3. The van der Waals surface area contributed by atoms with Crippen molar-refractivity contribution in [1.29, 1.82) is 0 Å². The molecule has 166 valence electrons. The van der Waals surface area contributed by atoms with Gasteiger partial charge in [-0.3, -0.25) is 0 Å². The fourth-order valence-electron chi connectivity index (χ4n) is 3.67. The summed E-state index contributed by atoms with van der Waals surface area (Å²) in [5.74, 6) is 1.89. The smallest absolute Gasteiger partial charge is 0.343 e. The van der Waals surface area contributed by atoms with E-state index in [1.54, 1.807) is 13.1 Å². The SMILES string of the molecule is CCOC(=O)c1cnc(SC)nc1N1CCN(c2cc(-c3ccccc3)nc(C)n2)CC1. The first-order valence-corrected chi connectivity index (χ1v) is 11.8. The molecule has 0 aliphatic carbocycles. The van der Waals surface area contributed by atoms with Gasteiger partial charge in [0.2, 0.25) is 0 Å². The first-order chi connectivity index (χ1) is 15.6. The molecule has 1 aliphatic rings. The quantitative estimate of drug-likeness (QED) is 0.318. The summed E-state index contributed by atoms with van der Waals surface area (Å²) in [5, 5.41) is 0.634. The molecule has 1 aromatic carbocycles. The van der Waals surface area contributed by atoms with Gasteiger partial charge in [-0.15, -0.1) is 0 Å². The van der Waals surface area contributed by atoms with E-state index in [9.17, 15) is 4.79 Å². The lowest BCUT2D eigenvalue weighted by Gasteiger charge is -2.36. The van der Waals surface area contributed by atoms with Crippen molar-refractivity contribution in [2.45, 2.75) is 19.0 Å². The zero-order valence-corrected chi connectivity index (χ0v) is 19.3. The Kier molecular flexibility index (Phi) is 6.84. The number of esters is 1. The number of hydrogen-bond donors (Lipinski definition) is 0. The van der Waals surface area contributed by atoms with Crippen LogP contribution >= 0.6 is 11.8 Å². The van der Waals surface area contributed by atoms with E-state index in [0.29, 0.717) is 36.2 Å². The highest BCUT2D eigenvalue weighted by molar-refractivity contribution is 7.98. The Morgan fingerprint density at radius 3 is 2.47 bits per heavy atom. The highest BCUT2D eigenvalue weighted by atomic mass is 32.2. The van der Waals surface area contributed by atoms with Crippen molar-refractivity contribution in [1.82, 2.24) is 19.9 Å². The van der Waals surface area contributed by atoms with Crippen LogP contribution < -0.4 is 9.80 Å². The van der Waals surface area contributed by atoms with E-state index >= 15 is 0 Å². The Morgan fingerprint density at radius 1 is 1.06 bits per heavy atom. The van der Waals surface area contributed by atoms with Gasteiger partial charge in [-0.1, -0.05) is 42.1 Å². The Balaban J connectivity index is 1.54. The molecule has 0 unspecified atom stereocenters. The number of carbonyl (C=O) groups excluding carboxylic acids is 1. The molecule has 2 aromatic heterocycles. The highest BCUT2D eigenvalue weighted by Crippen LogP contribution is 2.26. The molecule has 0 atom stereocenters. The summed E-state index contributed by atoms with van der Waals surface area (Å²) in [6.07, 6.45) is 3.49. The largest absolute Gasteiger partial charge is 0.462 e. The Hall–Kier alpha value is -3.20. The lowest BCUT2D eigenvalue weighted by atomic mass is 10.1. The van der Waals surface area contributed by atoms with Gasteiger partial charge in [0.25, 0.3) is 0 Å². The number of nitrogens with zero attached hydrogens (tertiary/aromatic N) is 6. The van der Waals surface area contributed by atoms with E-state index in [2.05, 4.69) is 41.9 Å². The average Bonchev–Trinajstić information content (AvgIpc) is 2.84. The van der Waals surface area contributed by atoms with Crippen molar-refractivity contribution >= 4 is 29.4 Å². The monoisotopic (exact) mass is 450 g/mol. The number of hydrogen-bond acceptors (Lipinski definition) is 9. The summed E-state index contributed by atoms with van der Waals surface area (Å²) in [4.78, 5) is 35.0. The van der Waals surface area contributed by atoms with Crippen LogP contribution in [0.15, 0.2) is 47.8 Å². The first-order valence-electron chi connectivity index (χ1n) is 10.6. The number of piperazine rings is 1. The van der Waals surface area contributed by atoms with Crippen LogP contribution in [-0.2, 0) is 4.74 Å². The predicted molar refractivity (Wildman–Crippen MR) is 126 cm³/mol. The van der Waals surface area contributed by atoms with Gasteiger partial charge < -0.3 is 14.5 Å². The van der Waals surface area contributed by atoms with Gasteiger partial charge in [0.05, 0.1) is 12.3 Å². The Bertz CT molecular complexity index is 1090. The molecule has 8 nitrogen and oxygen atoms in total. The summed E-state index contributed by atoms with van der Waals surface area (Å²) < 4.78 is 5.21. The molecule has 1 fully saturated rings. The molecular weight excluding hydrogens is 424 g/mol. The van der Waals surface area contributed by atoms with Crippen molar-refractivity contribution < 1.29 is 9.53 Å². The van der Waals surface area contributed by atoms with Crippen LogP contribution in [0.4, 0.5) is 11.6 Å². The van der Waals surface area contributed by atoms with Crippen LogP contribution in [0.2, 0.25) is 0 Å². The van der Waals surface area contributed by atoms with Crippen molar-refractivity contribution in [2.75, 3.05) is 48.8 Å². The van der Waals surface area contributed by atoms with Crippen LogP contribution in [0, 0.1) is 6.92 Å². The lowest BCUT2D eigenvalue weighted by Crippen LogP contribution is -2.47. The van der Waals surface area contributed by atoms with Gasteiger partial charge in [-0.05, 0) is 20.1 Å². The molecule has 0 saturated carbocycles. The Labute approximate surface area is 192 Å². The molecule has 1 saturated heterocycles. The fraction of sp³-hybridized carbons (Fsp3) is 0.348. The number of anilines is 2. The summed E-state index contributed by atoms with van der Waals surface area (Å²) in [7, 11) is 0. The molecule has 3 aromatic rings. The maximum atomic E-state index is 12.4. The number of ether oxygens (including phenoxy) is 1. The van der Waals surface area contributed by atoms with Gasteiger partial charge in [0, 0.05) is 44.0 Å². The third kappa shape index (κ3) is 4.83. The van der Waals surface area contributed by atoms with Crippen LogP contribution in [0.1, 0.15) is 23.1 Å². The van der Waals surface area contributed by atoms with Crippen LogP contribution in [-0.4, -0.2) is 64.9 Å². The average molecular weight is 451 g/mol. The molecule has 0 bridgehead atoms. The van der Waals surface area contributed by atoms with Crippen LogP contribution in [0.3, 0.4) is 0 Å². The van der Waals surface area contributed by atoms with E-state index in [-0.39, 0.29) is 0 Å². The molecule has 1 aliphatic heterocycles. The van der Waals surface area contributed by atoms with E-state index in [1.807, 2.05) is 37.4 Å². The second-order valence-electron chi connectivity index (χ2n) is 7.31. The first kappa shape index (κ1) is 22.0. The Morgan fingerprint density at radius 2 is 1.78 bits per heavy atom. The molecule has 0 N–H and O–H groups in total. The molecule has 32 heavy (non-hydrogen) atoms. The van der Waals surface area contributed by atoms with Crippen molar-refractivity contribution in [3.05, 3.63) is 54.0 Å². The highest BCUT2D eigenvalue weighted by Gasteiger charge is 2.25. The number of aryl methyl sites for hydroxylation is 1. The molecule has 0 amide bonds. The normalized spacial score (nSPS) is 13.8. The van der Waals surface area contributed by atoms with E-state index in [0.717, 1.165) is 36.0 Å². The van der Waals surface area contributed by atoms with Gasteiger partial charge >= 0.3 is 5.97 Å². The second kappa shape index (κ2) is 9.95. The zero-order valence-electron chi connectivity index (χ0n) is 18.5. The number of aromatic nitrogens is 4. The minimum absolute atomic E-state index is 0.313. The minimum Gasteiger partial charge on any atom is -0.462 e. The lowest BCUT2D eigenvalue weighted by molar-refractivity contribution is 0.0526. The summed E-state index contributed by atoms with van der Waals surface area (Å²) in [6, 6.07) is 12.2. The summed E-state index contributed by atoms with van der Waals surface area (Å²) in [6.45, 7) is 6.95. The summed E-state index contributed by atoms with van der Waals surface area (Å²) >= 11 is 1.45. The molecule has 3 heterocycles. The topological polar surface area (TPSA) is 84.3 Å². The maximum Gasteiger partial charge on any atom is 0.343 e. The third-order valence-corrected chi connectivity index (χ3v) is 5.78. The van der Waals surface area contributed by atoms with E-state index in [1.165, 1.54) is 11.8 Å². The maximum absolute atomic E-state index is 12.4. The third-order valence-electron chi connectivity index (χ3n) is 5.22. The van der Waals surface area contributed by atoms with Crippen molar-refractivity contribution in [2.24, 2.45) is 0 Å². The number of benzene rings is 1.